The van der Waals surface area contributed by atoms with Crippen molar-refractivity contribution in [1.82, 2.24) is 4.98 Å². The second-order valence-electron chi connectivity index (χ2n) is 2.48. The molecule has 0 aliphatic rings. The number of aromatic nitrogens is 1. The van der Waals surface area contributed by atoms with E-state index >= 15 is 0 Å². The van der Waals surface area contributed by atoms with Crippen molar-refractivity contribution in [2.75, 3.05) is 6.54 Å². The Morgan fingerprint density at radius 3 is 3.08 bits per heavy atom. The van der Waals surface area contributed by atoms with Crippen LogP contribution in [0, 0.1) is 18.8 Å². The van der Waals surface area contributed by atoms with Gasteiger partial charge in [0.25, 0.3) is 0 Å². The van der Waals surface area contributed by atoms with Crippen molar-refractivity contribution >= 4 is 0 Å². The zero-order chi connectivity index (χ0) is 8.81. The molecule has 1 heterocycles. The Morgan fingerprint density at radius 2 is 2.42 bits per heavy atom. The van der Waals surface area contributed by atoms with Crippen molar-refractivity contribution in [3.63, 3.8) is 0 Å². The van der Waals surface area contributed by atoms with E-state index in [-0.39, 0.29) is 0 Å². The molecule has 0 amide bonds. The predicted octanol–water partition coefficient (Wildman–Crippen LogP) is 1.09. The molecule has 1 rings (SSSR count). The summed E-state index contributed by atoms with van der Waals surface area (Å²) in [7, 11) is 0. The summed E-state index contributed by atoms with van der Waals surface area (Å²) in [6.45, 7) is 2.57. The fourth-order valence-corrected chi connectivity index (χ4v) is 0.846. The van der Waals surface area contributed by atoms with Gasteiger partial charge in [-0.25, -0.2) is 0 Å². The van der Waals surface area contributed by atoms with Crippen LogP contribution in [0.25, 0.3) is 0 Å². The highest BCUT2D eigenvalue weighted by atomic mass is 14.7. The van der Waals surface area contributed by atoms with E-state index in [2.05, 4.69) is 16.8 Å². The molecule has 0 unspecified atom stereocenters. The second-order valence-corrected chi connectivity index (χ2v) is 2.48. The van der Waals surface area contributed by atoms with Gasteiger partial charge in [-0.2, -0.15) is 0 Å². The Kier molecular flexibility index (Phi) is 3.31. The Morgan fingerprint density at radius 1 is 1.58 bits per heavy atom. The van der Waals surface area contributed by atoms with Crippen LogP contribution in [0.4, 0.5) is 0 Å². The Bertz CT molecular complexity index is 307. The standard InChI is InChI=1S/C10H12N2/c1-9-10(5-2-3-7-11)6-4-8-12-9/h4,6,8H,3,7,11H2,1H3. The molecule has 0 saturated heterocycles. The molecule has 12 heavy (non-hydrogen) atoms. The SMILES string of the molecule is Cc1ncccc1C#CCCN. The number of hydrogen-bond donors (Lipinski definition) is 1. The lowest BCUT2D eigenvalue weighted by molar-refractivity contribution is 1.03. The normalized spacial score (nSPS) is 8.83. The maximum Gasteiger partial charge on any atom is 0.0528 e. The van der Waals surface area contributed by atoms with Gasteiger partial charge in [-0.3, -0.25) is 4.98 Å². The highest BCUT2D eigenvalue weighted by molar-refractivity contribution is 5.36. The van der Waals surface area contributed by atoms with Crippen molar-refractivity contribution in [3.05, 3.63) is 29.6 Å². The molecule has 0 spiro atoms. The van der Waals surface area contributed by atoms with Gasteiger partial charge in [0.15, 0.2) is 0 Å². The van der Waals surface area contributed by atoms with Crippen LogP contribution < -0.4 is 5.73 Å². The van der Waals surface area contributed by atoms with Gasteiger partial charge in [-0.1, -0.05) is 11.8 Å². The average molecular weight is 160 g/mol. The minimum atomic E-state index is 0.617. The van der Waals surface area contributed by atoms with Crippen molar-refractivity contribution in [3.8, 4) is 11.8 Å². The van der Waals surface area contributed by atoms with E-state index in [0.29, 0.717) is 6.54 Å². The third-order valence-electron chi connectivity index (χ3n) is 1.50. The first kappa shape index (κ1) is 8.76. The molecule has 1 aromatic rings. The molecule has 0 aliphatic carbocycles. The van der Waals surface area contributed by atoms with Gasteiger partial charge in [-0.05, 0) is 19.1 Å². The summed E-state index contributed by atoms with van der Waals surface area (Å²) in [5.74, 6) is 6.00. The quantitative estimate of drug-likeness (QED) is 0.624. The third kappa shape index (κ3) is 2.37. The van der Waals surface area contributed by atoms with Crippen LogP contribution in [0.2, 0.25) is 0 Å². The maximum absolute atomic E-state index is 5.31. The molecule has 0 aliphatic heterocycles. The number of pyridine rings is 1. The van der Waals surface area contributed by atoms with Gasteiger partial charge in [0.05, 0.1) is 5.69 Å². The van der Waals surface area contributed by atoms with Crippen molar-refractivity contribution in [1.29, 1.82) is 0 Å². The molecule has 0 atom stereocenters. The van der Waals surface area contributed by atoms with Crippen molar-refractivity contribution in [2.45, 2.75) is 13.3 Å². The smallest absolute Gasteiger partial charge is 0.0528 e. The summed E-state index contributed by atoms with van der Waals surface area (Å²) in [6, 6.07) is 3.85. The van der Waals surface area contributed by atoms with Crippen LogP contribution in [0.1, 0.15) is 17.7 Å². The second kappa shape index (κ2) is 4.53. The van der Waals surface area contributed by atoms with Crippen LogP contribution in [0.15, 0.2) is 18.3 Å². The highest BCUT2D eigenvalue weighted by Crippen LogP contribution is 2.00. The topological polar surface area (TPSA) is 38.9 Å². The molecular weight excluding hydrogens is 148 g/mol. The first-order valence-corrected chi connectivity index (χ1v) is 3.95. The van der Waals surface area contributed by atoms with E-state index in [1.54, 1.807) is 6.20 Å². The Hall–Kier alpha value is -1.33. The molecule has 2 N–H and O–H groups in total. The molecular formula is C10H12N2. The van der Waals surface area contributed by atoms with Crippen LogP contribution in [0.3, 0.4) is 0 Å². The lowest BCUT2D eigenvalue weighted by Gasteiger charge is -1.93. The summed E-state index contributed by atoms with van der Waals surface area (Å²) < 4.78 is 0. The van der Waals surface area contributed by atoms with E-state index in [1.165, 1.54) is 0 Å². The van der Waals surface area contributed by atoms with E-state index in [9.17, 15) is 0 Å². The molecule has 0 fully saturated rings. The van der Waals surface area contributed by atoms with E-state index in [1.807, 2.05) is 19.1 Å². The van der Waals surface area contributed by atoms with E-state index in [0.717, 1.165) is 17.7 Å². The van der Waals surface area contributed by atoms with Gasteiger partial charge in [-0.15, -0.1) is 0 Å². The highest BCUT2D eigenvalue weighted by Gasteiger charge is 1.90. The van der Waals surface area contributed by atoms with Crippen molar-refractivity contribution in [2.24, 2.45) is 5.73 Å². The Balaban J connectivity index is 2.77. The molecule has 2 heteroatoms. The summed E-state index contributed by atoms with van der Waals surface area (Å²) in [6.07, 6.45) is 2.51. The number of nitrogens with two attached hydrogens (primary N) is 1. The van der Waals surface area contributed by atoms with Gasteiger partial charge in [0.2, 0.25) is 0 Å². The largest absolute Gasteiger partial charge is 0.330 e. The number of aryl methyl sites for hydroxylation is 1. The summed E-state index contributed by atoms with van der Waals surface area (Å²) in [4.78, 5) is 4.12. The molecule has 0 bridgehead atoms. The first-order chi connectivity index (χ1) is 5.84. The minimum Gasteiger partial charge on any atom is -0.330 e. The van der Waals surface area contributed by atoms with Gasteiger partial charge < -0.3 is 5.73 Å². The third-order valence-corrected chi connectivity index (χ3v) is 1.50. The molecule has 1 aromatic heterocycles. The monoisotopic (exact) mass is 160 g/mol. The molecule has 0 aromatic carbocycles. The first-order valence-electron chi connectivity index (χ1n) is 3.95. The molecule has 62 valence electrons. The van der Waals surface area contributed by atoms with Crippen LogP contribution >= 0.6 is 0 Å². The van der Waals surface area contributed by atoms with Gasteiger partial charge in [0, 0.05) is 24.7 Å². The van der Waals surface area contributed by atoms with Crippen molar-refractivity contribution < 1.29 is 0 Å². The summed E-state index contributed by atoms with van der Waals surface area (Å²) >= 11 is 0. The van der Waals surface area contributed by atoms with E-state index in [4.69, 9.17) is 5.73 Å². The number of hydrogen-bond acceptors (Lipinski definition) is 2. The molecule has 0 radical (unpaired) electrons. The molecule has 0 saturated carbocycles. The van der Waals surface area contributed by atoms with Crippen LogP contribution in [-0.4, -0.2) is 11.5 Å². The zero-order valence-corrected chi connectivity index (χ0v) is 7.17. The van der Waals surface area contributed by atoms with E-state index < -0.39 is 0 Å². The average Bonchev–Trinajstić information content (AvgIpc) is 2.09. The number of nitrogens with zero attached hydrogens (tertiary/aromatic N) is 1. The molecule has 2 nitrogen and oxygen atoms in total. The maximum atomic E-state index is 5.31. The predicted molar refractivity (Wildman–Crippen MR) is 49.5 cm³/mol. The Labute approximate surface area is 72.8 Å². The van der Waals surface area contributed by atoms with Gasteiger partial charge in [0.1, 0.15) is 0 Å². The fourth-order valence-electron chi connectivity index (χ4n) is 0.846. The summed E-state index contributed by atoms with van der Waals surface area (Å²) in [5.41, 5.74) is 7.28. The minimum absolute atomic E-state index is 0.617. The lowest BCUT2D eigenvalue weighted by Crippen LogP contribution is -1.95. The van der Waals surface area contributed by atoms with Gasteiger partial charge >= 0.3 is 0 Å². The van der Waals surface area contributed by atoms with Crippen LogP contribution in [0.5, 0.6) is 0 Å². The fraction of sp³-hybridized carbons (Fsp3) is 0.300. The lowest BCUT2D eigenvalue weighted by atomic mass is 10.2. The summed E-state index contributed by atoms with van der Waals surface area (Å²) in [5, 5.41) is 0. The zero-order valence-electron chi connectivity index (χ0n) is 7.17. The number of rotatable bonds is 1. The van der Waals surface area contributed by atoms with Crippen LogP contribution in [-0.2, 0) is 0 Å².